The summed E-state index contributed by atoms with van der Waals surface area (Å²) >= 11 is 0. The van der Waals surface area contributed by atoms with Gasteiger partial charge in [0.2, 0.25) is 0 Å². The van der Waals surface area contributed by atoms with Crippen molar-refractivity contribution in [1.29, 1.82) is 0 Å². The summed E-state index contributed by atoms with van der Waals surface area (Å²) < 4.78 is 11.0. The van der Waals surface area contributed by atoms with Crippen molar-refractivity contribution in [2.45, 2.75) is 65.0 Å². The molecule has 3 heterocycles. The number of hydrogen-bond acceptors (Lipinski definition) is 5. The molecule has 3 rings (SSSR count). The highest BCUT2D eigenvalue weighted by Gasteiger charge is 2.30. The summed E-state index contributed by atoms with van der Waals surface area (Å²) in [4.78, 5) is 21.4. The predicted molar refractivity (Wildman–Crippen MR) is 112 cm³/mol. The zero-order chi connectivity index (χ0) is 20.6. The van der Waals surface area contributed by atoms with E-state index in [9.17, 15) is 4.79 Å². The van der Waals surface area contributed by atoms with E-state index in [0.29, 0.717) is 32.2 Å². The Kier molecular flexibility index (Phi) is 7.91. The first kappa shape index (κ1) is 21.6. The van der Waals surface area contributed by atoms with Gasteiger partial charge in [-0.25, -0.2) is 4.99 Å². The second-order valence-corrected chi connectivity index (χ2v) is 7.72. The van der Waals surface area contributed by atoms with Gasteiger partial charge in [0.1, 0.15) is 12.6 Å². The third-order valence-corrected chi connectivity index (χ3v) is 5.80. The number of amides is 1. The average Bonchev–Trinajstić information content (AvgIpc) is 3.44. The van der Waals surface area contributed by atoms with E-state index in [4.69, 9.17) is 14.3 Å². The summed E-state index contributed by atoms with van der Waals surface area (Å²) in [5.74, 6) is 2.23. The lowest BCUT2D eigenvalue weighted by atomic mass is 9.99. The first-order valence-electron chi connectivity index (χ1n) is 11.0. The van der Waals surface area contributed by atoms with E-state index >= 15 is 0 Å². The number of nitrogens with one attached hydrogen (secondary N) is 1. The molecule has 1 N–H and O–H groups in total. The van der Waals surface area contributed by atoms with Crippen LogP contribution in [0.4, 0.5) is 0 Å². The Morgan fingerprint density at radius 2 is 1.97 bits per heavy atom. The SMILES string of the molecule is CCNC(=NCc1cc(C(CC)CC)no1)N1CCN(C(=O)C2CCCO2)CC1. The van der Waals surface area contributed by atoms with Crippen LogP contribution in [-0.4, -0.2) is 72.3 Å². The maximum Gasteiger partial charge on any atom is 0.251 e. The molecule has 0 saturated carbocycles. The molecule has 2 fully saturated rings. The first-order valence-corrected chi connectivity index (χ1v) is 11.0. The summed E-state index contributed by atoms with van der Waals surface area (Å²) in [5, 5.41) is 7.59. The molecule has 0 aliphatic carbocycles. The number of ether oxygens (including phenoxy) is 1. The fraction of sp³-hybridized carbons (Fsp3) is 0.762. The molecule has 0 bridgehead atoms. The van der Waals surface area contributed by atoms with Crippen molar-refractivity contribution in [1.82, 2.24) is 20.3 Å². The van der Waals surface area contributed by atoms with Gasteiger partial charge in [-0.15, -0.1) is 0 Å². The van der Waals surface area contributed by atoms with Gasteiger partial charge < -0.3 is 24.4 Å². The van der Waals surface area contributed by atoms with Crippen molar-refractivity contribution < 1.29 is 14.1 Å². The molecule has 1 aromatic rings. The van der Waals surface area contributed by atoms with E-state index in [1.165, 1.54) is 0 Å². The molecular formula is C21H35N5O3. The highest BCUT2D eigenvalue weighted by Crippen LogP contribution is 2.22. The molecule has 29 heavy (non-hydrogen) atoms. The number of piperazine rings is 1. The van der Waals surface area contributed by atoms with Crippen molar-refractivity contribution in [2.75, 3.05) is 39.3 Å². The van der Waals surface area contributed by atoms with Crippen LogP contribution < -0.4 is 5.32 Å². The highest BCUT2D eigenvalue weighted by molar-refractivity contribution is 5.82. The van der Waals surface area contributed by atoms with E-state index < -0.39 is 0 Å². The second-order valence-electron chi connectivity index (χ2n) is 7.72. The molecule has 162 valence electrons. The third kappa shape index (κ3) is 5.50. The van der Waals surface area contributed by atoms with Crippen molar-refractivity contribution >= 4 is 11.9 Å². The number of carbonyl (C=O) groups excluding carboxylic acids is 1. The van der Waals surface area contributed by atoms with Gasteiger partial charge in [-0.1, -0.05) is 19.0 Å². The normalized spacial score (nSPS) is 20.6. The maximum absolute atomic E-state index is 12.5. The molecule has 1 amide bonds. The van der Waals surface area contributed by atoms with Crippen LogP contribution >= 0.6 is 0 Å². The molecule has 0 radical (unpaired) electrons. The van der Waals surface area contributed by atoms with Gasteiger partial charge in [0.15, 0.2) is 11.7 Å². The maximum atomic E-state index is 12.5. The van der Waals surface area contributed by atoms with Gasteiger partial charge in [-0.3, -0.25) is 4.79 Å². The minimum atomic E-state index is -0.237. The Labute approximate surface area is 173 Å². The van der Waals surface area contributed by atoms with Crippen molar-refractivity contribution in [3.63, 3.8) is 0 Å². The molecular weight excluding hydrogens is 370 g/mol. The van der Waals surface area contributed by atoms with Crippen molar-refractivity contribution in [2.24, 2.45) is 4.99 Å². The Morgan fingerprint density at radius 3 is 2.59 bits per heavy atom. The van der Waals surface area contributed by atoms with Gasteiger partial charge in [-0.2, -0.15) is 0 Å². The van der Waals surface area contributed by atoms with Crippen molar-refractivity contribution in [3.8, 4) is 0 Å². The Balaban J connectivity index is 1.56. The van der Waals surface area contributed by atoms with Gasteiger partial charge in [0.05, 0.1) is 5.69 Å². The van der Waals surface area contributed by atoms with E-state index in [0.717, 1.165) is 62.7 Å². The lowest BCUT2D eigenvalue weighted by molar-refractivity contribution is -0.142. The van der Waals surface area contributed by atoms with Crippen LogP contribution in [0.15, 0.2) is 15.6 Å². The number of guanidine groups is 1. The summed E-state index contributed by atoms with van der Waals surface area (Å²) in [7, 11) is 0. The Hall–Kier alpha value is -2.09. The van der Waals surface area contributed by atoms with Crippen LogP contribution in [0.1, 0.15) is 63.8 Å². The summed E-state index contributed by atoms with van der Waals surface area (Å²) in [6.07, 6.45) is 3.71. The molecule has 8 nitrogen and oxygen atoms in total. The number of carbonyl (C=O) groups is 1. The molecule has 8 heteroatoms. The number of nitrogens with zero attached hydrogens (tertiary/aromatic N) is 4. The smallest absolute Gasteiger partial charge is 0.251 e. The quantitative estimate of drug-likeness (QED) is 0.554. The standard InChI is InChI=1S/C21H35N5O3/c1-4-16(5-2)18-14-17(29-24-18)15-23-21(22-6-3)26-11-9-25(10-12-26)20(27)19-8-7-13-28-19/h14,16,19H,4-13,15H2,1-3H3,(H,22,23). The number of hydrogen-bond donors (Lipinski definition) is 1. The van der Waals surface area contributed by atoms with Crippen molar-refractivity contribution in [3.05, 3.63) is 17.5 Å². The van der Waals surface area contributed by atoms with E-state index in [2.05, 4.69) is 36.1 Å². The Bertz CT molecular complexity index is 672. The van der Waals surface area contributed by atoms with E-state index in [1.807, 2.05) is 11.0 Å². The van der Waals surface area contributed by atoms with Gasteiger partial charge >= 0.3 is 0 Å². The van der Waals surface area contributed by atoms with Crippen LogP contribution in [0.3, 0.4) is 0 Å². The molecule has 1 aromatic heterocycles. The lowest BCUT2D eigenvalue weighted by Gasteiger charge is -2.37. The highest BCUT2D eigenvalue weighted by atomic mass is 16.5. The first-order chi connectivity index (χ1) is 14.2. The lowest BCUT2D eigenvalue weighted by Crippen LogP contribution is -2.55. The number of aliphatic imine (C=N–C) groups is 1. The molecule has 0 aromatic carbocycles. The minimum Gasteiger partial charge on any atom is -0.368 e. The average molecular weight is 406 g/mol. The van der Waals surface area contributed by atoms with Crippen LogP contribution in [0.5, 0.6) is 0 Å². The molecule has 0 spiro atoms. The molecule has 2 aliphatic rings. The number of aromatic nitrogens is 1. The van der Waals surface area contributed by atoms with Crippen LogP contribution in [0.2, 0.25) is 0 Å². The van der Waals surface area contributed by atoms with Gasteiger partial charge in [0.25, 0.3) is 5.91 Å². The van der Waals surface area contributed by atoms with E-state index in [1.54, 1.807) is 0 Å². The van der Waals surface area contributed by atoms with Gasteiger partial charge in [0, 0.05) is 51.3 Å². The molecule has 2 saturated heterocycles. The van der Waals surface area contributed by atoms with E-state index in [-0.39, 0.29) is 12.0 Å². The molecule has 1 atom stereocenters. The fourth-order valence-corrected chi connectivity index (χ4v) is 4.00. The largest absolute Gasteiger partial charge is 0.368 e. The van der Waals surface area contributed by atoms with Crippen LogP contribution in [0.25, 0.3) is 0 Å². The third-order valence-electron chi connectivity index (χ3n) is 5.80. The topological polar surface area (TPSA) is 83.2 Å². The fourth-order valence-electron chi connectivity index (χ4n) is 4.00. The van der Waals surface area contributed by atoms with Gasteiger partial charge in [-0.05, 0) is 32.6 Å². The van der Waals surface area contributed by atoms with Crippen LogP contribution in [-0.2, 0) is 16.1 Å². The monoisotopic (exact) mass is 405 g/mol. The molecule has 1 unspecified atom stereocenters. The van der Waals surface area contributed by atoms with Crippen LogP contribution in [0, 0.1) is 0 Å². The zero-order valence-electron chi connectivity index (χ0n) is 18.0. The number of rotatable bonds is 7. The Morgan fingerprint density at radius 1 is 1.24 bits per heavy atom. The summed E-state index contributed by atoms with van der Waals surface area (Å²) in [5.41, 5.74) is 1.02. The molecule has 2 aliphatic heterocycles. The minimum absolute atomic E-state index is 0.139. The summed E-state index contributed by atoms with van der Waals surface area (Å²) in [6.45, 7) is 11.3. The zero-order valence-corrected chi connectivity index (χ0v) is 18.0. The second kappa shape index (κ2) is 10.6. The summed E-state index contributed by atoms with van der Waals surface area (Å²) in [6, 6.07) is 2.03. The predicted octanol–water partition coefficient (Wildman–Crippen LogP) is 2.37.